The molecule has 0 unspecified atom stereocenters. The number of benzene rings is 2. The van der Waals surface area contributed by atoms with E-state index < -0.39 is 0 Å². The first kappa shape index (κ1) is 15.8. The number of anilines is 4. The van der Waals surface area contributed by atoms with Gasteiger partial charge in [-0.1, -0.05) is 18.2 Å². The Morgan fingerprint density at radius 3 is 2.46 bits per heavy atom. The van der Waals surface area contributed by atoms with Crippen molar-refractivity contribution in [2.75, 3.05) is 22.7 Å². The maximum absolute atomic E-state index is 12.0. The first-order chi connectivity index (χ1) is 12.8. The normalized spacial score (nSPS) is 11.7. The molecule has 2 aromatic carbocycles. The van der Waals surface area contributed by atoms with Crippen LogP contribution >= 0.6 is 0 Å². The van der Waals surface area contributed by atoms with Gasteiger partial charge in [-0.15, -0.1) is 0 Å². The van der Waals surface area contributed by atoms with Gasteiger partial charge in [0.1, 0.15) is 5.82 Å². The lowest BCUT2D eigenvalue weighted by atomic mass is 10.2. The summed E-state index contributed by atoms with van der Waals surface area (Å²) in [6.45, 7) is 0.242. The lowest BCUT2D eigenvalue weighted by Crippen LogP contribution is -2.19. The van der Waals surface area contributed by atoms with Crippen molar-refractivity contribution in [3.05, 3.63) is 66.9 Å². The minimum Gasteiger partial charge on any atom is -0.454 e. The van der Waals surface area contributed by atoms with E-state index >= 15 is 0 Å². The average molecular weight is 348 g/mol. The van der Waals surface area contributed by atoms with Crippen LogP contribution < -0.4 is 25.4 Å². The van der Waals surface area contributed by atoms with Gasteiger partial charge in [0.2, 0.25) is 6.79 Å². The van der Waals surface area contributed by atoms with Gasteiger partial charge in [-0.2, -0.15) is 0 Å². The number of rotatable bonds is 4. The third-order valence-electron chi connectivity index (χ3n) is 3.70. The zero-order valence-corrected chi connectivity index (χ0v) is 13.7. The highest BCUT2D eigenvalue weighted by atomic mass is 16.7. The second kappa shape index (κ2) is 7.02. The molecule has 0 saturated carbocycles. The molecule has 4 rings (SSSR count). The summed E-state index contributed by atoms with van der Waals surface area (Å²) < 4.78 is 10.6. The van der Waals surface area contributed by atoms with Gasteiger partial charge in [-0.25, -0.2) is 9.78 Å². The third kappa shape index (κ3) is 3.67. The molecule has 0 aliphatic carbocycles. The van der Waals surface area contributed by atoms with Gasteiger partial charge in [-0.05, 0) is 36.4 Å². The molecule has 3 aromatic rings. The largest absolute Gasteiger partial charge is 0.454 e. The lowest BCUT2D eigenvalue weighted by molar-refractivity contribution is 0.174. The molecule has 0 fully saturated rings. The molecule has 1 aliphatic rings. The van der Waals surface area contributed by atoms with Crippen molar-refractivity contribution in [2.24, 2.45) is 0 Å². The highest BCUT2D eigenvalue weighted by Gasteiger charge is 2.13. The molecule has 2 heterocycles. The Labute approximate surface area is 150 Å². The van der Waals surface area contributed by atoms with E-state index in [1.165, 1.54) is 0 Å². The SMILES string of the molecule is O=C(Nc1ccccc1)Nc1ccc(Nc2ccc3c(c2)OCO3)cn1. The summed E-state index contributed by atoms with van der Waals surface area (Å²) in [5.41, 5.74) is 2.36. The van der Waals surface area contributed by atoms with E-state index in [-0.39, 0.29) is 12.8 Å². The minimum absolute atomic E-state index is 0.242. The second-order valence-corrected chi connectivity index (χ2v) is 5.57. The number of nitrogens with one attached hydrogen (secondary N) is 3. The van der Waals surface area contributed by atoms with Crippen LogP contribution in [-0.2, 0) is 0 Å². The number of hydrogen-bond donors (Lipinski definition) is 3. The van der Waals surface area contributed by atoms with Gasteiger partial charge in [0.15, 0.2) is 11.5 Å². The Morgan fingerprint density at radius 2 is 1.65 bits per heavy atom. The van der Waals surface area contributed by atoms with E-state index in [0.717, 1.165) is 17.1 Å². The number of carbonyl (C=O) groups is 1. The molecule has 0 atom stereocenters. The predicted octanol–water partition coefficient (Wildman–Crippen LogP) is 4.20. The van der Waals surface area contributed by atoms with Crippen molar-refractivity contribution in [1.29, 1.82) is 0 Å². The van der Waals surface area contributed by atoms with Gasteiger partial charge < -0.3 is 20.1 Å². The maximum Gasteiger partial charge on any atom is 0.324 e. The maximum atomic E-state index is 12.0. The molecule has 7 nitrogen and oxygen atoms in total. The number of aromatic nitrogens is 1. The summed E-state index contributed by atoms with van der Waals surface area (Å²) in [6.07, 6.45) is 1.64. The smallest absolute Gasteiger partial charge is 0.324 e. The molecule has 0 radical (unpaired) electrons. The van der Waals surface area contributed by atoms with Crippen molar-refractivity contribution in [1.82, 2.24) is 4.98 Å². The number of para-hydroxylation sites is 1. The summed E-state index contributed by atoms with van der Waals surface area (Å²) in [4.78, 5) is 16.2. The van der Waals surface area contributed by atoms with Crippen LogP contribution in [0.15, 0.2) is 66.9 Å². The van der Waals surface area contributed by atoms with E-state index in [1.807, 2.05) is 54.6 Å². The number of nitrogens with zero attached hydrogens (tertiary/aromatic N) is 1. The van der Waals surface area contributed by atoms with Crippen LogP contribution in [0, 0.1) is 0 Å². The number of fused-ring (bicyclic) bond motifs is 1. The molecule has 26 heavy (non-hydrogen) atoms. The van der Waals surface area contributed by atoms with Crippen molar-refractivity contribution in [3.8, 4) is 11.5 Å². The molecule has 2 amide bonds. The predicted molar refractivity (Wildman–Crippen MR) is 99.2 cm³/mol. The van der Waals surface area contributed by atoms with Crippen LogP contribution in [0.25, 0.3) is 0 Å². The molecule has 0 saturated heterocycles. The van der Waals surface area contributed by atoms with Gasteiger partial charge in [-0.3, -0.25) is 5.32 Å². The van der Waals surface area contributed by atoms with Crippen LogP contribution in [-0.4, -0.2) is 17.8 Å². The molecule has 0 spiro atoms. The van der Waals surface area contributed by atoms with E-state index in [2.05, 4.69) is 20.9 Å². The Morgan fingerprint density at radius 1 is 0.846 bits per heavy atom. The number of hydrogen-bond acceptors (Lipinski definition) is 5. The highest BCUT2D eigenvalue weighted by molar-refractivity contribution is 5.99. The van der Waals surface area contributed by atoms with Gasteiger partial charge >= 0.3 is 6.03 Å². The minimum atomic E-state index is -0.347. The number of carbonyl (C=O) groups excluding carboxylic acids is 1. The molecule has 130 valence electrons. The van der Waals surface area contributed by atoms with Crippen LogP contribution in [0.5, 0.6) is 11.5 Å². The Kier molecular flexibility index (Phi) is 4.26. The van der Waals surface area contributed by atoms with E-state index in [4.69, 9.17) is 9.47 Å². The fourth-order valence-corrected chi connectivity index (χ4v) is 2.48. The fourth-order valence-electron chi connectivity index (χ4n) is 2.48. The van der Waals surface area contributed by atoms with Crippen LogP contribution in [0.4, 0.5) is 27.7 Å². The average Bonchev–Trinajstić information content (AvgIpc) is 3.12. The summed E-state index contributed by atoms with van der Waals surface area (Å²) >= 11 is 0. The molecule has 0 bridgehead atoms. The number of ether oxygens (including phenoxy) is 2. The van der Waals surface area contributed by atoms with Gasteiger partial charge in [0.25, 0.3) is 0 Å². The van der Waals surface area contributed by atoms with Gasteiger partial charge in [0.05, 0.1) is 11.9 Å². The molecule has 7 heteroatoms. The first-order valence-corrected chi connectivity index (χ1v) is 8.02. The highest BCUT2D eigenvalue weighted by Crippen LogP contribution is 2.35. The molecular weight excluding hydrogens is 332 g/mol. The van der Waals surface area contributed by atoms with Crippen LogP contribution in [0.1, 0.15) is 0 Å². The monoisotopic (exact) mass is 348 g/mol. The first-order valence-electron chi connectivity index (χ1n) is 8.02. The Hall–Kier alpha value is -3.74. The molecular formula is C19H16N4O3. The standard InChI is InChI=1S/C19H16N4O3/c24-19(22-13-4-2-1-3-5-13)23-18-9-7-15(11-20-18)21-14-6-8-16-17(10-14)26-12-25-16/h1-11,21H,12H2,(H2,20,22,23,24). The number of urea groups is 1. The summed E-state index contributed by atoms with van der Waals surface area (Å²) in [5, 5.41) is 8.65. The fraction of sp³-hybridized carbons (Fsp3) is 0.0526. The number of pyridine rings is 1. The summed E-state index contributed by atoms with van der Waals surface area (Å²) in [5.74, 6) is 1.89. The zero-order valence-electron chi connectivity index (χ0n) is 13.7. The topological polar surface area (TPSA) is 84.5 Å². The van der Waals surface area contributed by atoms with E-state index in [0.29, 0.717) is 17.3 Å². The summed E-state index contributed by atoms with van der Waals surface area (Å²) in [6, 6.07) is 18.0. The van der Waals surface area contributed by atoms with Crippen molar-refractivity contribution < 1.29 is 14.3 Å². The van der Waals surface area contributed by atoms with E-state index in [9.17, 15) is 4.79 Å². The second-order valence-electron chi connectivity index (χ2n) is 5.57. The molecule has 3 N–H and O–H groups in total. The molecule has 1 aliphatic heterocycles. The summed E-state index contributed by atoms with van der Waals surface area (Å²) in [7, 11) is 0. The zero-order chi connectivity index (χ0) is 17.8. The molecule has 1 aromatic heterocycles. The number of amides is 2. The van der Waals surface area contributed by atoms with Crippen LogP contribution in [0.2, 0.25) is 0 Å². The van der Waals surface area contributed by atoms with Gasteiger partial charge in [0, 0.05) is 17.4 Å². The van der Waals surface area contributed by atoms with Crippen molar-refractivity contribution in [3.63, 3.8) is 0 Å². The Bertz CT molecular complexity index is 914. The van der Waals surface area contributed by atoms with E-state index in [1.54, 1.807) is 12.3 Å². The third-order valence-corrected chi connectivity index (χ3v) is 3.70. The van der Waals surface area contributed by atoms with Crippen molar-refractivity contribution in [2.45, 2.75) is 0 Å². The Balaban J connectivity index is 1.36. The van der Waals surface area contributed by atoms with Crippen LogP contribution in [0.3, 0.4) is 0 Å². The van der Waals surface area contributed by atoms with Crippen molar-refractivity contribution >= 4 is 28.9 Å². The lowest BCUT2D eigenvalue weighted by Gasteiger charge is -2.09. The quantitative estimate of drug-likeness (QED) is 0.658.